The van der Waals surface area contributed by atoms with Gasteiger partial charge in [-0.25, -0.2) is 0 Å². The molecule has 0 aromatic carbocycles. The Labute approximate surface area is 89.5 Å². The summed E-state index contributed by atoms with van der Waals surface area (Å²) in [5, 5.41) is 18.2. The molecule has 1 aliphatic heterocycles. The average Bonchev–Trinajstić information content (AvgIpc) is 2.64. The second kappa shape index (κ2) is 3.82. The zero-order valence-electron chi connectivity index (χ0n) is 8.78. The Hall–Kier alpha value is -1.08. The molecule has 0 spiro atoms. The van der Waals surface area contributed by atoms with Crippen molar-refractivity contribution in [2.45, 2.75) is 38.1 Å². The highest BCUT2D eigenvalue weighted by Crippen LogP contribution is 2.43. The number of hydrogen-bond acceptors (Lipinski definition) is 3. The van der Waals surface area contributed by atoms with E-state index in [0.717, 1.165) is 19.3 Å². The molecule has 0 aromatic rings. The van der Waals surface area contributed by atoms with Crippen molar-refractivity contribution in [3.63, 3.8) is 0 Å². The molecule has 1 aliphatic carbocycles. The maximum Gasteiger partial charge on any atom is 0.243 e. The molecule has 1 unspecified atom stereocenters. The standard InChI is InChI=1S/C11H16N2O2/c12-8-11(4-2-5-11)10(15)13-6-1-3-9(13)7-14/h9,14H,1-7H2. The summed E-state index contributed by atoms with van der Waals surface area (Å²) in [5.41, 5.74) is -0.752. The van der Waals surface area contributed by atoms with Crippen molar-refractivity contribution < 1.29 is 9.90 Å². The minimum Gasteiger partial charge on any atom is -0.394 e. The van der Waals surface area contributed by atoms with Crippen LogP contribution in [-0.4, -0.2) is 35.1 Å². The molecular weight excluding hydrogens is 192 g/mol. The summed E-state index contributed by atoms with van der Waals surface area (Å²) in [7, 11) is 0. The van der Waals surface area contributed by atoms with Gasteiger partial charge in [-0.15, -0.1) is 0 Å². The Balaban J connectivity index is 2.10. The summed E-state index contributed by atoms with van der Waals surface area (Å²) in [6, 6.07) is 2.11. The first kappa shape index (κ1) is 10.4. The van der Waals surface area contributed by atoms with E-state index < -0.39 is 5.41 Å². The predicted molar refractivity (Wildman–Crippen MR) is 53.7 cm³/mol. The van der Waals surface area contributed by atoms with Crippen LogP contribution < -0.4 is 0 Å². The first-order valence-electron chi connectivity index (χ1n) is 5.57. The van der Waals surface area contributed by atoms with Gasteiger partial charge in [-0.1, -0.05) is 0 Å². The molecule has 1 saturated heterocycles. The minimum atomic E-state index is -0.752. The van der Waals surface area contributed by atoms with Crippen molar-refractivity contribution in [3.05, 3.63) is 0 Å². The third-order valence-corrected chi connectivity index (χ3v) is 3.68. The van der Waals surface area contributed by atoms with Gasteiger partial charge in [0, 0.05) is 6.54 Å². The minimum absolute atomic E-state index is 0.0211. The molecule has 0 aromatic heterocycles. The highest BCUT2D eigenvalue weighted by molar-refractivity contribution is 5.86. The van der Waals surface area contributed by atoms with Crippen molar-refractivity contribution in [2.24, 2.45) is 5.41 Å². The molecule has 4 heteroatoms. The van der Waals surface area contributed by atoms with Gasteiger partial charge < -0.3 is 10.0 Å². The SMILES string of the molecule is N#CC1(C(=O)N2CCCC2CO)CCC1. The van der Waals surface area contributed by atoms with E-state index in [-0.39, 0.29) is 18.6 Å². The fraction of sp³-hybridized carbons (Fsp3) is 0.818. The lowest BCUT2D eigenvalue weighted by Gasteiger charge is -2.38. The monoisotopic (exact) mass is 208 g/mol. The van der Waals surface area contributed by atoms with Crippen LogP contribution in [0, 0.1) is 16.7 Å². The summed E-state index contributed by atoms with van der Waals surface area (Å²) in [6.45, 7) is 0.723. The van der Waals surface area contributed by atoms with Crippen molar-refractivity contribution in [1.82, 2.24) is 4.90 Å². The van der Waals surface area contributed by atoms with Gasteiger partial charge in [0.2, 0.25) is 5.91 Å². The molecule has 1 N–H and O–H groups in total. The van der Waals surface area contributed by atoms with E-state index >= 15 is 0 Å². The number of aliphatic hydroxyl groups excluding tert-OH is 1. The second-order valence-electron chi connectivity index (χ2n) is 4.52. The summed E-state index contributed by atoms with van der Waals surface area (Å²) < 4.78 is 0. The van der Waals surface area contributed by atoms with E-state index in [1.165, 1.54) is 0 Å². The number of hydrogen-bond donors (Lipinski definition) is 1. The third kappa shape index (κ3) is 1.51. The highest BCUT2D eigenvalue weighted by atomic mass is 16.3. The molecule has 1 saturated carbocycles. The van der Waals surface area contributed by atoms with Gasteiger partial charge in [-0.3, -0.25) is 4.79 Å². The number of carbonyl (C=O) groups excluding carboxylic acids is 1. The molecule has 1 atom stereocenters. The molecule has 1 amide bonds. The topological polar surface area (TPSA) is 64.3 Å². The van der Waals surface area contributed by atoms with E-state index in [9.17, 15) is 4.79 Å². The largest absolute Gasteiger partial charge is 0.394 e. The van der Waals surface area contributed by atoms with Crippen LogP contribution in [0.25, 0.3) is 0 Å². The van der Waals surface area contributed by atoms with Gasteiger partial charge in [0.05, 0.1) is 18.7 Å². The van der Waals surface area contributed by atoms with Crippen LogP contribution >= 0.6 is 0 Å². The van der Waals surface area contributed by atoms with Crippen LogP contribution in [0.1, 0.15) is 32.1 Å². The van der Waals surface area contributed by atoms with Crippen molar-refractivity contribution in [2.75, 3.05) is 13.2 Å². The van der Waals surface area contributed by atoms with Crippen LogP contribution in [0.3, 0.4) is 0 Å². The molecule has 2 rings (SSSR count). The maximum atomic E-state index is 12.1. The Morgan fingerprint density at radius 2 is 2.27 bits per heavy atom. The fourth-order valence-corrected chi connectivity index (χ4v) is 2.47. The van der Waals surface area contributed by atoms with Gasteiger partial charge in [-0.05, 0) is 32.1 Å². The number of nitrogens with zero attached hydrogens (tertiary/aromatic N) is 2. The molecule has 4 nitrogen and oxygen atoms in total. The summed E-state index contributed by atoms with van der Waals surface area (Å²) in [6.07, 6.45) is 4.16. The van der Waals surface area contributed by atoms with Gasteiger partial charge in [0.1, 0.15) is 5.41 Å². The number of carbonyl (C=O) groups is 1. The Kier molecular flexibility index (Phi) is 2.66. The van der Waals surface area contributed by atoms with E-state index in [4.69, 9.17) is 10.4 Å². The van der Waals surface area contributed by atoms with Gasteiger partial charge in [-0.2, -0.15) is 5.26 Å². The lowest BCUT2D eigenvalue weighted by molar-refractivity contribution is -0.144. The number of nitriles is 1. The fourth-order valence-electron chi connectivity index (χ4n) is 2.47. The summed E-state index contributed by atoms with van der Waals surface area (Å²) >= 11 is 0. The van der Waals surface area contributed by atoms with Gasteiger partial charge in [0.15, 0.2) is 0 Å². The number of rotatable bonds is 2. The molecule has 0 radical (unpaired) electrons. The van der Waals surface area contributed by atoms with Crippen molar-refractivity contribution in [3.8, 4) is 6.07 Å². The zero-order valence-corrected chi connectivity index (χ0v) is 8.78. The Morgan fingerprint density at radius 3 is 2.73 bits per heavy atom. The zero-order chi connectivity index (χ0) is 10.9. The third-order valence-electron chi connectivity index (χ3n) is 3.68. The van der Waals surface area contributed by atoms with Crippen LogP contribution in [0.2, 0.25) is 0 Å². The summed E-state index contributed by atoms with van der Waals surface area (Å²) in [5.74, 6) is -0.0483. The molecule has 2 fully saturated rings. The summed E-state index contributed by atoms with van der Waals surface area (Å²) in [4.78, 5) is 13.9. The molecule has 0 bridgehead atoms. The van der Waals surface area contributed by atoms with Crippen molar-refractivity contribution >= 4 is 5.91 Å². The van der Waals surface area contributed by atoms with Crippen LogP contribution in [0.4, 0.5) is 0 Å². The van der Waals surface area contributed by atoms with E-state index in [1.54, 1.807) is 4.90 Å². The van der Waals surface area contributed by atoms with Crippen LogP contribution in [-0.2, 0) is 4.79 Å². The lowest BCUT2D eigenvalue weighted by Crippen LogP contribution is -2.49. The maximum absolute atomic E-state index is 12.1. The van der Waals surface area contributed by atoms with E-state index in [1.807, 2.05) is 0 Å². The smallest absolute Gasteiger partial charge is 0.243 e. The average molecular weight is 208 g/mol. The number of amides is 1. The molecule has 2 aliphatic rings. The highest BCUT2D eigenvalue weighted by Gasteiger charge is 2.48. The molecule has 15 heavy (non-hydrogen) atoms. The lowest BCUT2D eigenvalue weighted by atomic mass is 9.69. The first-order chi connectivity index (χ1) is 7.23. The predicted octanol–water partition coefficient (Wildman–Crippen LogP) is 0.664. The Bertz CT molecular complexity index is 304. The van der Waals surface area contributed by atoms with Gasteiger partial charge in [0.25, 0.3) is 0 Å². The van der Waals surface area contributed by atoms with E-state index in [2.05, 4.69) is 6.07 Å². The molecule has 82 valence electrons. The normalized spacial score (nSPS) is 28.3. The number of aliphatic hydroxyl groups is 1. The second-order valence-corrected chi connectivity index (χ2v) is 4.52. The van der Waals surface area contributed by atoms with Crippen LogP contribution in [0.15, 0.2) is 0 Å². The number of likely N-dealkylation sites (tertiary alicyclic amines) is 1. The van der Waals surface area contributed by atoms with E-state index in [0.29, 0.717) is 19.4 Å². The van der Waals surface area contributed by atoms with Gasteiger partial charge >= 0.3 is 0 Å². The van der Waals surface area contributed by atoms with Crippen LogP contribution in [0.5, 0.6) is 0 Å². The first-order valence-corrected chi connectivity index (χ1v) is 5.57. The van der Waals surface area contributed by atoms with Crippen molar-refractivity contribution in [1.29, 1.82) is 5.26 Å². The quantitative estimate of drug-likeness (QED) is 0.725. The Morgan fingerprint density at radius 1 is 1.53 bits per heavy atom. The molecular formula is C11H16N2O2. The molecule has 1 heterocycles.